The maximum Gasteiger partial charge on any atom is 0.341 e. The molecule has 0 fully saturated rings. The summed E-state index contributed by atoms with van der Waals surface area (Å²) in [5.74, 6) is -4.27. The molecule has 1 aliphatic carbocycles. The standard InChI is InChI=1S/C27H26F2N2O5S2/c1-2-35-26(34)23-19-8-4-6-10-21(19)38-24(23)31-22(32)15-36-25(33)18-7-3-5-9-20(18)30-16-11-13-17(14-12-16)37-27(28)29/h3,5,7,9,11-14,27,30H,2,4,6,8,10,15H2,1H3,(H,31,32). The highest BCUT2D eigenvalue weighted by molar-refractivity contribution is 7.99. The smallest absolute Gasteiger partial charge is 0.341 e. The number of halogens is 2. The first-order valence-electron chi connectivity index (χ1n) is 12.0. The van der Waals surface area contributed by atoms with Crippen molar-refractivity contribution in [3.63, 3.8) is 0 Å². The number of para-hydroxylation sites is 1. The molecule has 11 heteroatoms. The van der Waals surface area contributed by atoms with Crippen LogP contribution in [0.15, 0.2) is 53.4 Å². The zero-order chi connectivity index (χ0) is 27.1. The molecule has 2 N–H and O–H groups in total. The van der Waals surface area contributed by atoms with Crippen LogP contribution in [0.3, 0.4) is 0 Å². The summed E-state index contributed by atoms with van der Waals surface area (Å²) < 4.78 is 35.6. The number of carbonyl (C=O) groups is 3. The number of esters is 2. The number of rotatable bonds is 10. The number of carbonyl (C=O) groups excluding carboxylic acids is 3. The first kappa shape index (κ1) is 27.6. The van der Waals surface area contributed by atoms with E-state index in [1.54, 1.807) is 55.5 Å². The van der Waals surface area contributed by atoms with Crippen LogP contribution in [0.5, 0.6) is 0 Å². The van der Waals surface area contributed by atoms with Crippen LogP contribution >= 0.6 is 23.1 Å². The van der Waals surface area contributed by atoms with E-state index in [2.05, 4.69) is 10.6 Å². The van der Waals surface area contributed by atoms with Crippen molar-refractivity contribution < 1.29 is 32.6 Å². The number of thioether (sulfide) groups is 1. The maximum atomic E-state index is 12.8. The zero-order valence-electron chi connectivity index (χ0n) is 20.6. The number of hydrogen-bond acceptors (Lipinski definition) is 8. The van der Waals surface area contributed by atoms with Gasteiger partial charge in [0.2, 0.25) is 0 Å². The van der Waals surface area contributed by atoms with Crippen molar-refractivity contribution in [1.29, 1.82) is 0 Å². The summed E-state index contributed by atoms with van der Waals surface area (Å²) in [6.07, 6.45) is 3.58. The van der Waals surface area contributed by atoms with Crippen molar-refractivity contribution in [2.75, 3.05) is 23.8 Å². The number of fused-ring (bicyclic) bond motifs is 1. The van der Waals surface area contributed by atoms with Gasteiger partial charge in [-0.15, -0.1) is 11.3 Å². The molecule has 2 aromatic carbocycles. The lowest BCUT2D eigenvalue weighted by atomic mass is 9.95. The number of anilines is 3. The van der Waals surface area contributed by atoms with Gasteiger partial charge < -0.3 is 20.1 Å². The van der Waals surface area contributed by atoms with Gasteiger partial charge in [0.25, 0.3) is 11.7 Å². The summed E-state index contributed by atoms with van der Waals surface area (Å²) in [5, 5.41) is 6.20. The second-order valence-corrected chi connectivity index (χ2v) is 10.5. The van der Waals surface area contributed by atoms with Crippen molar-refractivity contribution in [2.24, 2.45) is 0 Å². The normalized spacial score (nSPS) is 12.5. The van der Waals surface area contributed by atoms with Gasteiger partial charge in [-0.25, -0.2) is 9.59 Å². The Hall–Kier alpha value is -3.44. The van der Waals surface area contributed by atoms with E-state index in [0.717, 1.165) is 36.1 Å². The van der Waals surface area contributed by atoms with Crippen LogP contribution in [0.2, 0.25) is 0 Å². The minimum Gasteiger partial charge on any atom is -0.462 e. The molecule has 1 amide bonds. The number of benzene rings is 2. The molecular formula is C27H26F2N2O5S2. The van der Waals surface area contributed by atoms with Gasteiger partial charge in [0.1, 0.15) is 5.00 Å². The number of aryl methyl sites for hydroxylation is 1. The van der Waals surface area contributed by atoms with Crippen molar-refractivity contribution >= 4 is 57.3 Å². The summed E-state index contributed by atoms with van der Waals surface area (Å²) in [4.78, 5) is 39.6. The molecule has 0 unspecified atom stereocenters. The molecule has 0 atom stereocenters. The maximum absolute atomic E-state index is 12.8. The predicted octanol–water partition coefficient (Wildman–Crippen LogP) is 6.66. The molecule has 1 aromatic heterocycles. The van der Waals surface area contributed by atoms with E-state index in [1.165, 1.54) is 11.3 Å². The van der Waals surface area contributed by atoms with Crippen molar-refractivity contribution in [2.45, 2.75) is 43.3 Å². The van der Waals surface area contributed by atoms with Crippen LogP contribution in [-0.4, -0.2) is 36.8 Å². The Labute approximate surface area is 226 Å². The molecule has 0 aliphatic heterocycles. The molecule has 1 heterocycles. The molecule has 0 bridgehead atoms. The molecule has 200 valence electrons. The summed E-state index contributed by atoms with van der Waals surface area (Å²) in [7, 11) is 0. The lowest BCUT2D eigenvalue weighted by molar-refractivity contribution is -0.119. The van der Waals surface area contributed by atoms with Crippen LogP contribution < -0.4 is 10.6 Å². The van der Waals surface area contributed by atoms with Gasteiger partial charge >= 0.3 is 11.9 Å². The number of hydrogen-bond donors (Lipinski definition) is 2. The minimum atomic E-state index is -2.51. The lowest BCUT2D eigenvalue weighted by Crippen LogP contribution is -2.22. The first-order chi connectivity index (χ1) is 18.4. The number of alkyl halides is 2. The SMILES string of the molecule is CCOC(=O)c1c(NC(=O)COC(=O)c2ccccc2Nc2ccc(SC(F)F)cc2)sc2c1CCCC2. The highest BCUT2D eigenvalue weighted by Gasteiger charge is 2.27. The van der Waals surface area contributed by atoms with Crippen LogP contribution in [0, 0.1) is 0 Å². The molecule has 0 saturated carbocycles. The molecule has 0 radical (unpaired) electrons. The van der Waals surface area contributed by atoms with Gasteiger partial charge in [-0.3, -0.25) is 4.79 Å². The summed E-state index contributed by atoms with van der Waals surface area (Å²) in [6.45, 7) is 1.40. The van der Waals surface area contributed by atoms with Crippen molar-refractivity contribution in [3.8, 4) is 0 Å². The van der Waals surface area contributed by atoms with E-state index in [-0.39, 0.29) is 12.2 Å². The Kier molecular flexibility index (Phi) is 9.35. The van der Waals surface area contributed by atoms with Gasteiger partial charge in [-0.05, 0) is 74.6 Å². The second kappa shape index (κ2) is 12.9. The number of amides is 1. The van der Waals surface area contributed by atoms with Crippen molar-refractivity contribution in [3.05, 3.63) is 70.1 Å². The van der Waals surface area contributed by atoms with Crippen LogP contribution in [0.1, 0.15) is 50.9 Å². The molecule has 0 spiro atoms. The molecule has 7 nitrogen and oxygen atoms in total. The highest BCUT2D eigenvalue weighted by atomic mass is 32.2. The van der Waals surface area contributed by atoms with Gasteiger partial charge in [-0.2, -0.15) is 8.78 Å². The fourth-order valence-corrected chi connectivity index (χ4v) is 5.88. The van der Waals surface area contributed by atoms with Gasteiger partial charge in [-0.1, -0.05) is 23.9 Å². The number of thiophene rings is 1. The largest absolute Gasteiger partial charge is 0.462 e. The fraction of sp³-hybridized carbons (Fsp3) is 0.296. The summed E-state index contributed by atoms with van der Waals surface area (Å²) in [5.41, 5.74) is 2.54. The molecule has 1 aliphatic rings. The van der Waals surface area contributed by atoms with E-state index >= 15 is 0 Å². The third kappa shape index (κ3) is 6.90. The fourth-order valence-electron chi connectivity index (χ4n) is 4.09. The molecular weight excluding hydrogens is 534 g/mol. The van der Waals surface area contributed by atoms with Gasteiger partial charge in [0, 0.05) is 15.5 Å². The van der Waals surface area contributed by atoms with Gasteiger partial charge in [0.15, 0.2) is 6.61 Å². The molecule has 3 aromatic rings. The van der Waals surface area contributed by atoms with Crippen LogP contribution in [0.4, 0.5) is 25.2 Å². The lowest BCUT2D eigenvalue weighted by Gasteiger charge is -2.13. The van der Waals surface area contributed by atoms with E-state index < -0.39 is 30.2 Å². The molecule has 38 heavy (non-hydrogen) atoms. The first-order valence-corrected chi connectivity index (χ1v) is 13.7. The van der Waals surface area contributed by atoms with E-state index in [9.17, 15) is 23.2 Å². The molecule has 0 saturated heterocycles. The summed E-state index contributed by atoms with van der Waals surface area (Å²) in [6, 6.07) is 13.0. The number of nitrogens with one attached hydrogen (secondary N) is 2. The predicted molar refractivity (Wildman–Crippen MR) is 144 cm³/mol. The van der Waals surface area contributed by atoms with Gasteiger partial charge in [0.05, 0.1) is 23.4 Å². The second-order valence-electron chi connectivity index (χ2n) is 8.33. The Balaban J connectivity index is 1.40. The average molecular weight is 561 g/mol. The van der Waals surface area contributed by atoms with E-state index in [4.69, 9.17) is 9.47 Å². The average Bonchev–Trinajstić information content (AvgIpc) is 3.26. The summed E-state index contributed by atoms with van der Waals surface area (Å²) >= 11 is 1.80. The Morgan fingerprint density at radius 1 is 1.00 bits per heavy atom. The minimum absolute atomic E-state index is 0.199. The quantitative estimate of drug-likeness (QED) is 0.212. The third-order valence-electron chi connectivity index (χ3n) is 5.74. The Bertz CT molecular complexity index is 1310. The number of ether oxygens (including phenoxy) is 2. The van der Waals surface area contributed by atoms with Crippen molar-refractivity contribution in [1.82, 2.24) is 0 Å². The topological polar surface area (TPSA) is 93.7 Å². The zero-order valence-corrected chi connectivity index (χ0v) is 22.2. The highest BCUT2D eigenvalue weighted by Crippen LogP contribution is 2.38. The van der Waals surface area contributed by atoms with Crippen LogP contribution in [-0.2, 0) is 27.1 Å². The molecule has 4 rings (SSSR count). The van der Waals surface area contributed by atoms with E-state index in [1.807, 2.05) is 0 Å². The Morgan fingerprint density at radius 2 is 1.74 bits per heavy atom. The van der Waals surface area contributed by atoms with E-state index in [0.29, 0.717) is 38.6 Å². The van der Waals surface area contributed by atoms with Crippen LogP contribution in [0.25, 0.3) is 0 Å². The third-order valence-corrected chi connectivity index (χ3v) is 7.67. The monoisotopic (exact) mass is 560 g/mol. The Morgan fingerprint density at radius 3 is 2.47 bits per heavy atom.